The number of carboxylic acids is 1. The normalized spacial score (nSPS) is 10.2. The standard InChI is InChI=1S/C11H15NO3/c1-3-4-5-12-7-9-6-8(2)10(15-9)11(13)14/h3,6,12H,1,4-5,7H2,2H3,(H,13,14). The fourth-order valence-electron chi connectivity index (χ4n) is 1.26. The Morgan fingerprint density at radius 1 is 1.73 bits per heavy atom. The van der Waals surface area contributed by atoms with Gasteiger partial charge < -0.3 is 14.8 Å². The van der Waals surface area contributed by atoms with E-state index in [0.717, 1.165) is 13.0 Å². The van der Waals surface area contributed by atoms with E-state index in [1.54, 1.807) is 13.0 Å². The van der Waals surface area contributed by atoms with E-state index < -0.39 is 5.97 Å². The molecule has 0 unspecified atom stereocenters. The molecule has 0 radical (unpaired) electrons. The summed E-state index contributed by atoms with van der Waals surface area (Å²) in [5.41, 5.74) is 0.656. The zero-order chi connectivity index (χ0) is 11.3. The van der Waals surface area contributed by atoms with Crippen LogP contribution >= 0.6 is 0 Å². The molecule has 0 aliphatic heterocycles. The highest BCUT2D eigenvalue weighted by molar-refractivity contribution is 5.86. The molecule has 4 heteroatoms. The Kier molecular flexibility index (Phi) is 4.12. The smallest absolute Gasteiger partial charge is 0.372 e. The van der Waals surface area contributed by atoms with Crippen LogP contribution in [0.1, 0.15) is 28.3 Å². The maximum absolute atomic E-state index is 10.7. The zero-order valence-corrected chi connectivity index (χ0v) is 8.75. The third-order valence-corrected chi connectivity index (χ3v) is 1.99. The van der Waals surface area contributed by atoms with E-state index in [4.69, 9.17) is 9.52 Å². The van der Waals surface area contributed by atoms with E-state index in [-0.39, 0.29) is 5.76 Å². The quantitative estimate of drug-likeness (QED) is 0.555. The highest BCUT2D eigenvalue weighted by Gasteiger charge is 2.13. The maximum atomic E-state index is 10.7. The highest BCUT2D eigenvalue weighted by atomic mass is 16.4. The number of carboxylic acid groups (broad SMARTS) is 1. The predicted octanol–water partition coefficient (Wildman–Crippen LogP) is 1.95. The largest absolute Gasteiger partial charge is 0.475 e. The van der Waals surface area contributed by atoms with Crippen LogP contribution in [0.4, 0.5) is 0 Å². The SMILES string of the molecule is C=CCCNCc1cc(C)c(C(=O)O)o1. The van der Waals surface area contributed by atoms with Crippen LogP contribution in [0, 0.1) is 6.92 Å². The molecule has 1 aromatic heterocycles. The van der Waals surface area contributed by atoms with Gasteiger partial charge >= 0.3 is 5.97 Å². The van der Waals surface area contributed by atoms with Crippen LogP contribution in [0.2, 0.25) is 0 Å². The number of aromatic carboxylic acids is 1. The van der Waals surface area contributed by atoms with Crippen molar-refractivity contribution in [2.45, 2.75) is 19.9 Å². The van der Waals surface area contributed by atoms with Crippen molar-refractivity contribution in [2.24, 2.45) is 0 Å². The van der Waals surface area contributed by atoms with Crippen LogP contribution in [0.15, 0.2) is 23.1 Å². The van der Waals surface area contributed by atoms with Gasteiger partial charge in [0.2, 0.25) is 5.76 Å². The second-order valence-corrected chi connectivity index (χ2v) is 3.28. The molecule has 1 aromatic rings. The van der Waals surface area contributed by atoms with E-state index in [1.807, 2.05) is 6.08 Å². The third-order valence-electron chi connectivity index (χ3n) is 1.99. The van der Waals surface area contributed by atoms with Gasteiger partial charge in [0.1, 0.15) is 5.76 Å². The lowest BCUT2D eigenvalue weighted by molar-refractivity contribution is 0.0659. The Labute approximate surface area is 88.6 Å². The Morgan fingerprint density at radius 2 is 2.47 bits per heavy atom. The van der Waals surface area contributed by atoms with Crippen LogP contribution in [-0.4, -0.2) is 17.6 Å². The molecule has 0 saturated carbocycles. The second kappa shape index (κ2) is 5.36. The van der Waals surface area contributed by atoms with Gasteiger partial charge in [-0.1, -0.05) is 6.08 Å². The van der Waals surface area contributed by atoms with E-state index >= 15 is 0 Å². The van der Waals surface area contributed by atoms with E-state index in [2.05, 4.69) is 11.9 Å². The van der Waals surface area contributed by atoms with Gasteiger partial charge in [-0.05, 0) is 26.0 Å². The highest BCUT2D eigenvalue weighted by Crippen LogP contribution is 2.14. The molecule has 2 N–H and O–H groups in total. The van der Waals surface area contributed by atoms with Gasteiger partial charge in [-0.25, -0.2) is 4.79 Å². The van der Waals surface area contributed by atoms with Crippen molar-refractivity contribution < 1.29 is 14.3 Å². The van der Waals surface area contributed by atoms with Crippen molar-refractivity contribution >= 4 is 5.97 Å². The van der Waals surface area contributed by atoms with Crippen LogP contribution in [0.5, 0.6) is 0 Å². The van der Waals surface area contributed by atoms with E-state index in [0.29, 0.717) is 17.9 Å². The lowest BCUT2D eigenvalue weighted by Crippen LogP contribution is -2.13. The van der Waals surface area contributed by atoms with Gasteiger partial charge in [0.15, 0.2) is 0 Å². The minimum atomic E-state index is -1.02. The first kappa shape index (κ1) is 11.5. The molecule has 82 valence electrons. The molecule has 0 aliphatic rings. The molecule has 1 heterocycles. The summed E-state index contributed by atoms with van der Waals surface area (Å²) in [6.45, 7) is 6.68. The summed E-state index contributed by atoms with van der Waals surface area (Å²) in [4.78, 5) is 10.7. The monoisotopic (exact) mass is 209 g/mol. The van der Waals surface area contributed by atoms with Gasteiger partial charge in [-0.3, -0.25) is 0 Å². The van der Waals surface area contributed by atoms with Crippen molar-refractivity contribution in [2.75, 3.05) is 6.54 Å². The molecule has 0 spiro atoms. The molecule has 4 nitrogen and oxygen atoms in total. The summed E-state index contributed by atoms with van der Waals surface area (Å²) in [5, 5.41) is 11.9. The molecule has 0 saturated heterocycles. The first-order valence-corrected chi connectivity index (χ1v) is 4.79. The summed E-state index contributed by atoms with van der Waals surface area (Å²) in [6, 6.07) is 1.74. The summed E-state index contributed by atoms with van der Waals surface area (Å²) >= 11 is 0. The molecule has 0 aromatic carbocycles. The summed E-state index contributed by atoms with van der Waals surface area (Å²) in [6.07, 6.45) is 2.70. The van der Waals surface area contributed by atoms with Crippen LogP contribution in [0.25, 0.3) is 0 Å². The molecule has 0 aliphatic carbocycles. The maximum Gasteiger partial charge on any atom is 0.372 e. The summed E-state index contributed by atoms with van der Waals surface area (Å²) in [5.74, 6) is -0.352. The minimum Gasteiger partial charge on any atom is -0.475 e. The molecular weight excluding hydrogens is 194 g/mol. The third kappa shape index (κ3) is 3.25. The molecule has 0 atom stereocenters. The lowest BCUT2D eigenvalue weighted by Gasteiger charge is -1.98. The number of rotatable bonds is 6. The minimum absolute atomic E-state index is 0.0236. The van der Waals surface area contributed by atoms with Gasteiger partial charge in [0, 0.05) is 5.56 Å². The molecule has 15 heavy (non-hydrogen) atoms. The Bertz CT molecular complexity index is 355. The number of hydrogen-bond donors (Lipinski definition) is 2. The fourth-order valence-corrected chi connectivity index (χ4v) is 1.26. The predicted molar refractivity (Wildman–Crippen MR) is 56.9 cm³/mol. The lowest BCUT2D eigenvalue weighted by atomic mass is 10.2. The topological polar surface area (TPSA) is 62.5 Å². The van der Waals surface area contributed by atoms with Gasteiger partial charge in [-0.15, -0.1) is 6.58 Å². The van der Waals surface area contributed by atoms with Gasteiger partial charge in [0.25, 0.3) is 0 Å². The van der Waals surface area contributed by atoms with E-state index in [9.17, 15) is 4.79 Å². The average molecular weight is 209 g/mol. The fraction of sp³-hybridized carbons (Fsp3) is 0.364. The first-order valence-electron chi connectivity index (χ1n) is 4.79. The molecule has 1 rings (SSSR count). The Hall–Kier alpha value is -1.55. The zero-order valence-electron chi connectivity index (χ0n) is 8.75. The number of aryl methyl sites for hydroxylation is 1. The first-order chi connectivity index (χ1) is 7.15. The molecule has 0 bridgehead atoms. The molecule has 0 fully saturated rings. The Balaban J connectivity index is 2.52. The second-order valence-electron chi connectivity index (χ2n) is 3.28. The Morgan fingerprint density at radius 3 is 3.00 bits per heavy atom. The summed E-state index contributed by atoms with van der Waals surface area (Å²) < 4.78 is 5.17. The number of furan rings is 1. The van der Waals surface area contributed by atoms with Crippen LogP contribution in [0.3, 0.4) is 0 Å². The van der Waals surface area contributed by atoms with Crippen molar-refractivity contribution in [3.8, 4) is 0 Å². The summed E-state index contributed by atoms with van der Waals surface area (Å²) in [7, 11) is 0. The van der Waals surface area contributed by atoms with Crippen LogP contribution in [-0.2, 0) is 6.54 Å². The number of nitrogens with one attached hydrogen (secondary N) is 1. The number of hydrogen-bond acceptors (Lipinski definition) is 3. The molecular formula is C11H15NO3. The van der Waals surface area contributed by atoms with Crippen LogP contribution < -0.4 is 5.32 Å². The van der Waals surface area contributed by atoms with Crippen molar-refractivity contribution in [1.29, 1.82) is 0 Å². The average Bonchev–Trinajstić information content (AvgIpc) is 2.55. The van der Waals surface area contributed by atoms with Gasteiger partial charge in [-0.2, -0.15) is 0 Å². The molecule has 0 amide bonds. The van der Waals surface area contributed by atoms with Crippen molar-refractivity contribution in [3.63, 3.8) is 0 Å². The number of carbonyl (C=O) groups is 1. The van der Waals surface area contributed by atoms with Crippen molar-refractivity contribution in [1.82, 2.24) is 5.32 Å². The van der Waals surface area contributed by atoms with Gasteiger partial charge in [0.05, 0.1) is 6.54 Å². The van der Waals surface area contributed by atoms with E-state index in [1.165, 1.54) is 0 Å². The van der Waals surface area contributed by atoms with Crippen molar-refractivity contribution in [3.05, 3.63) is 35.8 Å².